The highest BCUT2D eigenvalue weighted by Gasteiger charge is 2.37. The lowest BCUT2D eigenvalue weighted by Gasteiger charge is -2.17. The third-order valence-electron chi connectivity index (χ3n) is 3.44. The molecule has 0 fully saturated rings. The second kappa shape index (κ2) is 6.27. The summed E-state index contributed by atoms with van der Waals surface area (Å²) >= 11 is 6.00. The first-order valence-electron chi connectivity index (χ1n) is 6.92. The molecule has 108 valence electrons. The zero-order valence-corrected chi connectivity index (χ0v) is 12.5. The normalized spacial score (nSPS) is 17.2. The molecule has 1 aromatic rings. The number of benzene rings is 1. The first kappa shape index (κ1) is 14.9. The molecule has 1 aromatic carbocycles. The second-order valence-electron chi connectivity index (χ2n) is 5.03. The van der Waals surface area contributed by atoms with E-state index in [1.54, 1.807) is 17.0 Å². The highest BCUT2D eigenvalue weighted by Crippen LogP contribution is 2.37. The number of carbonyl (C=O) groups is 2. The Morgan fingerprint density at radius 3 is 2.80 bits per heavy atom. The molecular formula is C15H19ClN2O2. The summed E-state index contributed by atoms with van der Waals surface area (Å²) in [6.45, 7) is 4.22. The summed E-state index contributed by atoms with van der Waals surface area (Å²) in [5.41, 5.74) is 1.64. The van der Waals surface area contributed by atoms with Crippen LogP contribution in [0, 0.1) is 0 Å². The van der Waals surface area contributed by atoms with Crippen molar-refractivity contribution in [3.05, 3.63) is 28.8 Å². The molecule has 4 nitrogen and oxygen atoms in total. The quantitative estimate of drug-likeness (QED) is 0.849. The van der Waals surface area contributed by atoms with Gasteiger partial charge in [0.2, 0.25) is 5.91 Å². The van der Waals surface area contributed by atoms with Crippen LogP contribution >= 0.6 is 11.6 Å². The van der Waals surface area contributed by atoms with Gasteiger partial charge in [0.15, 0.2) is 0 Å². The molecule has 1 atom stereocenters. The molecule has 1 N–H and O–H groups in total. The van der Waals surface area contributed by atoms with Gasteiger partial charge in [0, 0.05) is 29.7 Å². The van der Waals surface area contributed by atoms with E-state index >= 15 is 0 Å². The third-order valence-corrected chi connectivity index (χ3v) is 3.67. The van der Waals surface area contributed by atoms with Crippen LogP contribution in [0.25, 0.3) is 0 Å². The highest BCUT2D eigenvalue weighted by molar-refractivity contribution is 6.31. The molecule has 1 aliphatic heterocycles. The minimum Gasteiger partial charge on any atom is -0.341 e. The largest absolute Gasteiger partial charge is 0.341 e. The first-order chi connectivity index (χ1) is 9.54. The minimum absolute atomic E-state index is 0.0754. The van der Waals surface area contributed by atoms with Crippen LogP contribution in [-0.4, -0.2) is 18.4 Å². The number of amides is 2. The van der Waals surface area contributed by atoms with E-state index in [-0.39, 0.29) is 11.8 Å². The molecule has 1 aliphatic rings. The number of nitrogens with one attached hydrogen (secondary N) is 1. The van der Waals surface area contributed by atoms with Crippen LogP contribution in [0.15, 0.2) is 18.2 Å². The molecule has 5 heteroatoms. The van der Waals surface area contributed by atoms with Crippen molar-refractivity contribution >= 4 is 29.1 Å². The maximum Gasteiger partial charge on any atom is 0.254 e. The molecule has 0 radical (unpaired) electrons. The maximum absolute atomic E-state index is 12.5. The minimum atomic E-state index is -0.608. The lowest BCUT2D eigenvalue weighted by Crippen LogP contribution is -2.37. The number of carbonyl (C=O) groups excluding carboxylic acids is 2. The summed E-state index contributed by atoms with van der Waals surface area (Å²) in [6.07, 6.45) is 3.14. The van der Waals surface area contributed by atoms with Crippen LogP contribution < -0.4 is 10.2 Å². The van der Waals surface area contributed by atoms with Crippen molar-refractivity contribution in [1.29, 1.82) is 0 Å². The predicted molar refractivity (Wildman–Crippen MR) is 79.9 cm³/mol. The van der Waals surface area contributed by atoms with Gasteiger partial charge in [0.1, 0.15) is 6.04 Å². The zero-order valence-electron chi connectivity index (χ0n) is 11.8. The molecule has 0 saturated carbocycles. The number of halogens is 1. The Hall–Kier alpha value is -1.55. The average Bonchev–Trinajstić information content (AvgIpc) is 2.63. The van der Waals surface area contributed by atoms with Crippen LogP contribution in [0.5, 0.6) is 0 Å². The smallest absolute Gasteiger partial charge is 0.254 e. The van der Waals surface area contributed by atoms with Crippen molar-refractivity contribution in [2.45, 2.75) is 39.2 Å². The zero-order chi connectivity index (χ0) is 14.7. The van der Waals surface area contributed by atoms with E-state index in [0.717, 1.165) is 30.5 Å². The molecule has 0 saturated heterocycles. The number of anilines is 1. The summed E-state index contributed by atoms with van der Waals surface area (Å²) in [5, 5.41) is 3.28. The van der Waals surface area contributed by atoms with Crippen molar-refractivity contribution in [1.82, 2.24) is 5.32 Å². The Morgan fingerprint density at radius 2 is 2.15 bits per heavy atom. The van der Waals surface area contributed by atoms with Gasteiger partial charge >= 0.3 is 0 Å². The number of unbranched alkanes of at least 4 members (excludes halogenated alkanes) is 2. The summed E-state index contributed by atoms with van der Waals surface area (Å²) in [6, 6.07) is 4.78. The second-order valence-corrected chi connectivity index (χ2v) is 5.47. The number of rotatable bonds is 5. The molecule has 0 spiro atoms. The van der Waals surface area contributed by atoms with Gasteiger partial charge in [0.05, 0.1) is 0 Å². The highest BCUT2D eigenvalue weighted by atomic mass is 35.5. The van der Waals surface area contributed by atoms with Crippen molar-refractivity contribution in [3.8, 4) is 0 Å². The Balaban J connectivity index is 2.28. The monoisotopic (exact) mass is 294 g/mol. The van der Waals surface area contributed by atoms with E-state index in [1.165, 1.54) is 6.92 Å². The Kier molecular flexibility index (Phi) is 4.65. The lowest BCUT2D eigenvalue weighted by molar-refractivity contribution is -0.126. The number of hydrogen-bond donors (Lipinski definition) is 1. The van der Waals surface area contributed by atoms with Crippen LogP contribution in [0.4, 0.5) is 5.69 Å². The van der Waals surface area contributed by atoms with Crippen LogP contribution in [0.3, 0.4) is 0 Å². The number of fused-ring (bicyclic) bond motifs is 1. The first-order valence-corrected chi connectivity index (χ1v) is 7.30. The summed E-state index contributed by atoms with van der Waals surface area (Å²) in [7, 11) is 0. The van der Waals surface area contributed by atoms with E-state index in [2.05, 4.69) is 12.2 Å². The Morgan fingerprint density at radius 1 is 1.40 bits per heavy atom. The van der Waals surface area contributed by atoms with Crippen molar-refractivity contribution < 1.29 is 9.59 Å². The fourth-order valence-corrected chi connectivity index (χ4v) is 2.68. The van der Waals surface area contributed by atoms with Crippen molar-refractivity contribution in [2.75, 3.05) is 11.4 Å². The van der Waals surface area contributed by atoms with Crippen LogP contribution in [-0.2, 0) is 9.59 Å². The van der Waals surface area contributed by atoms with Gasteiger partial charge < -0.3 is 10.2 Å². The van der Waals surface area contributed by atoms with E-state index in [4.69, 9.17) is 11.6 Å². The van der Waals surface area contributed by atoms with Gasteiger partial charge in [-0.15, -0.1) is 0 Å². The molecule has 1 heterocycles. The van der Waals surface area contributed by atoms with E-state index in [0.29, 0.717) is 11.6 Å². The molecule has 1 unspecified atom stereocenters. The average molecular weight is 295 g/mol. The standard InChI is InChI=1S/C15H19ClN2O2/c1-3-4-5-8-18-13-7-6-11(16)9-12(13)14(15(18)20)17-10(2)19/h6-7,9,14H,3-5,8H2,1-2H3,(H,17,19). The van der Waals surface area contributed by atoms with Crippen LogP contribution in [0.2, 0.25) is 5.02 Å². The SMILES string of the molecule is CCCCCN1C(=O)C(NC(C)=O)c2cc(Cl)ccc21. The fourth-order valence-electron chi connectivity index (χ4n) is 2.50. The lowest BCUT2D eigenvalue weighted by atomic mass is 10.1. The summed E-state index contributed by atoms with van der Waals surface area (Å²) < 4.78 is 0. The molecule has 0 bridgehead atoms. The van der Waals surface area contributed by atoms with Crippen molar-refractivity contribution in [3.63, 3.8) is 0 Å². The van der Waals surface area contributed by atoms with Gasteiger partial charge in [-0.05, 0) is 24.6 Å². The maximum atomic E-state index is 12.5. The van der Waals surface area contributed by atoms with Crippen molar-refractivity contribution in [2.24, 2.45) is 0 Å². The molecule has 2 rings (SSSR count). The third kappa shape index (κ3) is 2.96. The van der Waals surface area contributed by atoms with Gasteiger partial charge in [-0.25, -0.2) is 0 Å². The van der Waals surface area contributed by atoms with E-state index in [9.17, 15) is 9.59 Å². The molecule has 20 heavy (non-hydrogen) atoms. The van der Waals surface area contributed by atoms with Gasteiger partial charge in [-0.1, -0.05) is 31.4 Å². The molecule has 0 aromatic heterocycles. The predicted octanol–water partition coefficient (Wildman–Crippen LogP) is 3.05. The van der Waals surface area contributed by atoms with Gasteiger partial charge in [0.25, 0.3) is 5.91 Å². The Labute approximate surface area is 124 Å². The molecule has 2 amide bonds. The summed E-state index contributed by atoms with van der Waals surface area (Å²) in [4.78, 5) is 25.5. The Bertz CT molecular complexity index is 531. The van der Waals surface area contributed by atoms with Gasteiger partial charge in [-0.2, -0.15) is 0 Å². The topological polar surface area (TPSA) is 49.4 Å². The number of nitrogens with zero attached hydrogens (tertiary/aromatic N) is 1. The molecular weight excluding hydrogens is 276 g/mol. The molecule has 0 aliphatic carbocycles. The summed E-state index contributed by atoms with van der Waals surface area (Å²) in [5.74, 6) is -0.293. The van der Waals surface area contributed by atoms with Crippen LogP contribution in [0.1, 0.15) is 44.7 Å². The fraction of sp³-hybridized carbons (Fsp3) is 0.467. The number of hydrogen-bond acceptors (Lipinski definition) is 2. The van der Waals surface area contributed by atoms with E-state index in [1.807, 2.05) is 6.07 Å². The van der Waals surface area contributed by atoms with Gasteiger partial charge in [-0.3, -0.25) is 9.59 Å². The van der Waals surface area contributed by atoms with E-state index < -0.39 is 6.04 Å².